The van der Waals surface area contributed by atoms with Crippen molar-refractivity contribution in [3.63, 3.8) is 0 Å². The molecule has 1 aromatic heterocycles. The molecule has 0 spiro atoms. The minimum Gasteiger partial charge on any atom is -0.477 e. The van der Waals surface area contributed by atoms with Crippen molar-refractivity contribution in [3.8, 4) is 23.6 Å². The molecule has 2 aromatic rings. The van der Waals surface area contributed by atoms with Crippen LogP contribution in [0.1, 0.15) is 54.9 Å². The van der Waals surface area contributed by atoms with E-state index in [1.807, 2.05) is 32.9 Å². The van der Waals surface area contributed by atoms with Crippen molar-refractivity contribution in [2.24, 2.45) is 0 Å². The maximum atomic E-state index is 11.4. The molecule has 0 amide bonds. The first-order valence-electron chi connectivity index (χ1n) is 10.1. The molecule has 0 bridgehead atoms. The molecule has 7 nitrogen and oxygen atoms in total. The van der Waals surface area contributed by atoms with Crippen LogP contribution in [-0.2, 0) is 16.1 Å². The van der Waals surface area contributed by atoms with E-state index in [0.717, 1.165) is 23.0 Å². The Hall–Kier alpha value is -2.89. The van der Waals surface area contributed by atoms with Gasteiger partial charge < -0.3 is 19.2 Å². The van der Waals surface area contributed by atoms with Crippen LogP contribution in [0.4, 0.5) is 0 Å². The fraction of sp³-hybridized carbons (Fsp3) is 0.409. The van der Waals surface area contributed by atoms with Gasteiger partial charge in [0.25, 0.3) is 0 Å². The summed E-state index contributed by atoms with van der Waals surface area (Å²) in [6.07, 6.45) is 2.53. The average Bonchev–Trinajstić information content (AvgIpc) is 3.09. The predicted molar refractivity (Wildman–Crippen MR) is 112 cm³/mol. The standard InChI is InChI=1S/C22H25BN2O5/c1-4-18(26)7-5-6-8-28-22-16(12-24)9-15(3)21(25-22)30-20-11-17-13-29-23(27)19(17)10-14(20)2/h9-11,27H,4-8,13H2,1-3H3. The molecule has 0 saturated heterocycles. The first-order chi connectivity index (χ1) is 14.4. The van der Waals surface area contributed by atoms with Crippen molar-refractivity contribution in [2.75, 3.05) is 6.61 Å². The summed E-state index contributed by atoms with van der Waals surface area (Å²) in [6.45, 7) is 6.25. The number of nitriles is 1. The first kappa shape index (κ1) is 21.8. The number of carbonyl (C=O) groups excluding carboxylic acids is 1. The lowest BCUT2D eigenvalue weighted by Crippen LogP contribution is -2.28. The molecule has 1 N–H and O–H groups in total. The largest absolute Gasteiger partial charge is 0.491 e. The molecule has 3 rings (SSSR count). The van der Waals surface area contributed by atoms with E-state index in [1.165, 1.54) is 0 Å². The Morgan fingerprint density at radius 2 is 2.07 bits per heavy atom. The van der Waals surface area contributed by atoms with Gasteiger partial charge in [0.15, 0.2) is 0 Å². The molecule has 0 saturated carbocycles. The zero-order valence-corrected chi connectivity index (χ0v) is 17.5. The SMILES string of the molecule is CCC(=O)CCCCOc1nc(Oc2cc3c(cc2C)B(O)OC3)c(C)cc1C#N. The molecule has 0 aliphatic carbocycles. The van der Waals surface area contributed by atoms with Crippen LogP contribution in [0.3, 0.4) is 0 Å². The summed E-state index contributed by atoms with van der Waals surface area (Å²) in [7, 11) is -0.907. The number of hydrogen-bond donors (Lipinski definition) is 1. The fourth-order valence-electron chi connectivity index (χ4n) is 3.22. The van der Waals surface area contributed by atoms with E-state index in [1.54, 1.807) is 6.07 Å². The van der Waals surface area contributed by atoms with Crippen molar-refractivity contribution >= 4 is 18.4 Å². The highest BCUT2D eigenvalue weighted by atomic mass is 16.5. The average molecular weight is 408 g/mol. The number of pyridine rings is 1. The van der Waals surface area contributed by atoms with Crippen molar-refractivity contribution in [1.82, 2.24) is 4.98 Å². The Morgan fingerprint density at radius 3 is 2.80 bits per heavy atom. The van der Waals surface area contributed by atoms with Crippen LogP contribution in [0.15, 0.2) is 18.2 Å². The van der Waals surface area contributed by atoms with Gasteiger partial charge in [-0.15, -0.1) is 0 Å². The summed E-state index contributed by atoms with van der Waals surface area (Å²) in [4.78, 5) is 15.8. The molecule has 1 aliphatic heterocycles. The Morgan fingerprint density at radius 1 is 1.27 bits per heavy atom. The van der Waals surface area contributed by atoms with Crippen molar-refractivity contribution in [1.29, 1.82) is 5.26 Å². The molecule has 0 unspecified atom stereocenters. The van der Waals surface area contributed by atoms with Crippen LogP contribution in [0, 0.1) is 25.2 Å². The number of nitrogens with zero attached hydrogens (tertiary/aromatic N) is 2. The number of ether oxygens (including phenoxy) is 2. The van der Waals surface area contributed by atoms with Gasteiger partial charge in [-0.05, 0) is 55.4 Å². The third-order valence-corrected chi connectivity index (χ3v) is 5.04. The highest BCUT2D eigenvalue weighted by Crippen LogP contribution is 2.31. The highest BCUT2D eigenvalue weighted by Gasteiger charge is 2.28. The van der Waals surface area contributed by atoms with E-state index in [4.69, 9.17) is 14.1 Å². The van der Waals surface area contributed by atoms with E-state index in [0.29, 0.717) is 55.2 Å². The van der Waals surface area contributed by atoms with Gasteiger partial charge in [0.2, 0.25) is 11.8 Å². The van der Waals surface area contributed by atoms with E-state index in [9.17, 15) is 15.1 Å². The number of fused-ring (bicyclic) bond motifs is 1. The molecular weight excluding hydrogens is 383 g/mol. The van der Waals surface area contributed by atoms with Crippen LogP contribution in [-0.4, -0.2) is 29.5 Å². The van der Waals surface area contributed by atoms with E-state index >= 15 is 0 Å². The minimum absolute atomic E-state index is 0.220. The van der Waals surface area contributed by atoms with Crippen LogP contribution in [0.2, 0.25) is 0 Å². The van der Waals surface area contributed by atoms with Crippen molar-refractivity contribution in [3.05, 3.63) is 40.5 Å². The molecule has 0 fully saturated rings. The molecule has 1 aromatic carbocycles. The second kappa shape index (κ2) is 9.74. The number of carbonyl (C=O) groups is 1. The predicted octanol–water partition coefficient (Wildman–Crippen LogP) is 3.11. The third-order valence-electron chi connectivity index (χ3n) is 5.04. The van der Waals surface area contributed by atoms with Crippen LogP contribution in [0.5, 0.6) is 17.5 Å². The maximum Gasteiger partial charge on any atom is 0.491 e. The van der Waals surface area contributed by atoms with Gasteiger partial charge in [0.1, 0.15) is 23.2 Å². The molecule has 0 atom stereocenters. The molecule has 2 heterocycles. The van der Waals surface area contributed by atoms with E-state index in [-0.39, 0.29) is 11.7 Å². The molecule has 1 aliphatic rings. The summed E-state index contributed by atoms with van der Waals surface area (Å²) in [5.74, 6) is 1.42. The van der Waals surface area contributed by atoms with E-state index < -0.39 is 7.12 Å². The number of unbranched alkanes of at least 4 members (excludes halogenated alkanes) is 1. The zero-order chi connectivity index (χ0) is 21.7. The number of ketones is 1. The Kier molecular flexibility index (Phi) is 7.09. The monoisotopic (exact) mass is 408 g/mol. The van der Waals surface area contributed by atoms with Crippen molar-refractivity contribution in [2.45, 2.75) is 53.1 Å². The second-order valence-corrected chi connectivity index (χ2v) is 7.35. The van der Waals surface area contributed by atoms with Crippen molar-refractivity contribution < 1.29 is 23.9 Å². The maximum absolute atomic E-state index is 11.4. The number of aryl methyl sites for hydroxylation is 2. The number of hydrogen-bond acceptors (Lipinski definition) is 7. The summed E-state index contributed by atoms with van der Waals surface area (Å²) < 4.78 is 17.0. The highest BCUT2D eigenvalue weighted by molar-refractivity contribution is 6.61. The lowest BCUT2D eigenvalue weighted by Gasteiger charge is -2.14. The third kappa shape index (κ3) is 4.99. The second-order valence-electron chi connectivity index (χ2n) is 7.35. The summed E-state index contributed by atoms with van der Waals surface area (Å²) in [5.41, 5.74) is 3.50. The molecule has 30 heavy (non-hydrogen) atoms. The van der Waals surface area contributed by atoms with Gasteiger partial charge in [0, 0.05) is 18.4 Å². The summed E-state index contributed by atoms with van der Waals surface area (Å²) in [5, 5.41) is 19.3. The Labute approximate surface area is 176 Å². The lowest BCUT2D eigenvalue weighted by molar-refractivity contribution is -0.118. The van der Waals surface area contributed by atoms with Crippen LogP contribution < -0.4 is 14.9 Å². The summed E-state index contributed by atoms with van der Waals surface area (Å²) in [6, 6.07) is 7.48. The summed E-state index contributed by atoms with van der Waals surface area (Å²) >= 11 is 0. The smallest absolute Gasteiger partial charge is 0.477 e. The quantitative estimate of drug-likeness (QED) is 0.503. The minimum atomic E-state index is -0.907. The molecular formula is C22H25BN2O5. The number of aromatic nitrogens is 1. The molecule has 8 heteroatoms. The number of benzene rings is 1. The van der Waals surface area contributed by atoms with Gasteiger partial charge in [0.05, 0.1) is 13.2 Å². The number of rotatable bonds is 9. The topological polar surface area (TPSA) is 102 Å². The van der Waals surface area contributed by atoms with Crippen LogP contribution in [0.25, 0.3) is 0 Å². The van der Waals surface area contributed by atoms with Crippen LogP contribution >= 0.6 is 0 Å². The molecule has 0 radical (unpaired) electrons. The normalized spacial score (nSPS) is 12.4. The zero-order valence-electron chi connectivity index (χ0n) is 17.5. The van der Waals surface area contributed by atoms with Gasteiger partial charge in [-0.25, -0.2) is 0 Å². The van der Waals surface area contributed by atoms with Gasteiger partial charge in [-0.1, -0.05) is 13.0 Å². The lowest BCUT2D eigenvalue weighted by atomic mass is 9.79. The fourth-order valence-corrected chi connectivity index (χ4v) is 3.22. The van der Waals surface area contributed by atoms with Gasteiger partial charge >= 0.3 is 7.12 Å². The van der Waals surface area contributed by atoms with E-state index in [2.05, 4.69) is 11.1 Å². The molecule has 156 valence electrons. The van der Waals surface area contributed by atoms with Gasteiger partial charge in [-0.3, -0.25) is 4.79 Å². The first-order valence-corrected chi connectivity index (χ1v) is 10.1. The Balaban J connectivity index is 1.74. The Bertz CT molecular complexity index is 986. The van der Waals surface area contributed by atoms with Gasteiger partial charge in [-0.2, -0.15) is 10.2 Å². The number of Topliss-reactive ketones (excluding diaryl/α,β-unsaturated/α-hetero) is 1.